The third-order valence-electron chi connectivity index (χ3n) is 18.5. The number of nitrogens with one attached hydrogen (secondary N) is 3. The highest BCUT2D eigenvalue weighted by Crippen LogP contribution is 2.25. The van der Waals surface area contributed by atoms with Crippen LogP contribution in [0.2, 0.25) is 0 Å². The number of cyclic esters (lactones) is 2. The van der Waals surface area contributed by atoms with Gasteiger partial charge in [-0.3, -0.25) is 57.8 Å². The van der Waals surface area contributed by atoms with Gasteiger partial charge in [0.1, 0.15) is 36.0 Å². The fourth-order valence-corrected chi connectivity index (χ4v) is 11.6. The predicted octanol–water partition coefficient (Wildman–Crippen LogP) is 8.78. The van der Waals surface area contributed by atoms with Gasteiger partial charge in [-0.15, -0.1) is 0 Å². The van der Waals surface area contributed by atoms with E-state index in [0.29, 0.717) is 134 Å². The van der Waals surface area contributed by atoms with Crippen molar-refractivity contribution in [2.75, 3.05) is 73.4 Å². The van der Waals surface area contributed by atoms with Crippen molar-refractivity contribution in [1.82, 2.24) is 30.7 Å². The number of carbonyl (C=O) groups excluding carboxylic acids is 12. The number of hydrogen-bond acceptors (Lipinski definition) is 19. The van der Waals surface area contributed by atoms with Crippen LogP contribution in [0.15, 0.2) is 76.8 Å². The van der Waals surface area contributed by atoms with Crippen molar-refractivity contribution in [1.29, 1.82) is 0 Å². The molecule has 2 aliphatic heterocycles. The van der Waals surface area contributed by atoms with E-state index >= 15 is 0 Å². The number of hydrogen-bond donors (Lipinski definition) is 3. The van der Waals surface area contributed by atoms with Crippen molar-refractivity contribution in [2.45, 2.75) is 222 Å². The summed E-state index contributed by atoms with van der Waals surface area (Å²) in [5.74, 6) is -6.18. The zero-order chi connectivity index (χ0) is 76.3. The van der Waals surface area contributed by atoms with Gasteiger partial charge in [0.25, 0.3) is 5.91 Å². The number of unbranched alkanes of at least 4 members (excludes halogenated alkanes) is 4. The first-order valence-electron chi connectivity index (χ1n) is 36.6. The second-order valence-electron chi connectivity index (χ2n) is 27.7. The fourth-order valence-electron chi connectivity index (χ4n) is 11.6. The molecule has 2 aromatic rings. The molecule has 0 aromatic heterocycles. The Hall–Kier alpha value is -8.29. The van der Waals surface area contributed by atoms with Crippen LogP contribution in [-0.4, -0.2) is 201 Å². The van der Waals surface area contributed by atoms with E-state index in [9.17, 15) is 57.5 Å². The van der Waals surface area contributed by atoms with E-state index in [1.807, 2.05) is 66.7 Å². The molecule has 3 N–H and O–H groups in total. The van der Waals surface area contributed by atoms with Crippen molar-refractivity contribution >= 4 is 76.5 Å². The molecule has 2 aliphatic rings. The first-order chi connectivity index (χ1) is 49.0. The Kier molecular flexibility index (Phi) is 38.7. The molecule has 9 atom stereocenters. The average molecular weight is 1440 g/mol. The average Bonchev–Trinajstić information content (AvgIpc) is 1.78. The summed E-state index contributed by atoms with van der Waals surface area (Å²) in [6, 6.07) is 8.92. The molecule has 4 rings (SSSR count). The molecule has 1 fully saturated rings. The van der Waals surface area contributed by atoms with Crippen molar-refractivity contribution < 1.29 is 86.0 Å². The summed E-state index contributed by atoms with van der Waals surface area (Å²) in [6.07, 6.45) is 8.69. The van der Waals surface area contributed by atoms with E-state index in [1.54, 1.807) is 63.2 Å². The van der Waals surface area contributed by atoms with Gasteiger partial charge in [0.2, 0.25) is 35.4 Å². The third-order valence-corrected chi connectivity index (χ3v) is 18.5. The van der Waals surface area contributed by atoms with Crippen LogP contribution in [0.25, 0.3) is 0 Å². The number of imide groups is 1. The fraction of sp³-hybridized carbons (Fsp3) is 0.628. The maximum atomic E-state index is 14.6. The summed E-state index contributed by atoms with van der Waals surface area (Å²) in [4.78, 5) is 168. The Bertz CT molecular complexity index is 3250. The largest absolute Gasteiger partial charge is 0.456 e. The SMILES string of the molecule is C/C=C(\C)[C@H]1OC(=O)[C@@H](C)NC(=O)[C@H](C(C)CC)NC(=O)CN(C)C(=O)[C@@H](Cc2ccc(OC(=O)CCCCOCCOCCOCCCCC(=O)c3ccc(C(C)=NCC(=O)CCCCCN4C(=O)CC(C)C4=O)cc3)cc2)N(C)C(=O)[C@H](C)NC(=O)[C@@H](CC(C)C)OC(=O)/C(C)=C/CC[C@@H]1C. The summed E-state index contributed by atoms with van der Waals surface area (Å²) in [7, 11) is 2.78. The first-order valence-corrected chi connectivity index (χ1v) is 36.6. The highest BCUT2D eigenvalue weighted by Gasteiger charge is 2.38. The highest BCUT2D eigenvalue weighted by atomic mass is 16.6. The monoisotopic (exact) mass is 1440 g/mol. The molecule has 0 bridgehead atoms. The Morgan fingerprint density at radius 2 is 1.29 bits per heavy atom. The van der Waals surface area contributed by atoms with Gasteiger partial charge in [-0.05, 0) is 146 Å². The zero-order valence-corrected chi connectivity index (χ0v) is 63.4. The van der Waals surface area contributed by atoms with E-state index in [0.717, 1.165) is 22.5 Å². The number of esters is 3. The minimum atomic E-state index is -1.27. The summed E-state index contributed by atoms with van der Waals surface area (Å²) in [5, 5.41) is 8.15. The molecule has 7 amide bonds. The van der Waals surface area contributed by atoms with E-state index < -0.39 is 96.3 Å². The lowest BCUT2D eigenvalue weighted by Crippen LogP contribution is -2.57. The van der Waals surface area contributed by atoms with Gasteiger partial charge in [-0.2, -0.15) is 0 Å². The Balaban J connectivity index is 1.22. The second kappa shape index (κ2) is 45.7. The molecular weight excluding hydrogens is 1320 g/mol. The van der Waals surface area contributed by atoms with Gasteiger partial charge < -0.3 is 54.2 Å². The van der Waals surface area contributed by atoms with Crippen LogP contribution in [0, 0.1) is 23.7 Å². The number of nitrogens with zero attached hydrogens (tertiary/aromatic N) is 4. The standard InChI is InChI=1S/C78H115N7O18/c1-15-51(5)70-73(92)81-58(12)78(97)103-71(52(6)16-2)53(7)25-24-26-54(8)77(96)102-66(45-50(3)4)72(91)80-57(11)75(94)84(14)64(76(95)83(13)49-67(88)82-70)47-59-30-36-63(37-31-59)101-69(90)29-20-23-40-99-42-44-100-43-41-98-39-22-19-28-65(87)61-34-32-60(33-35-61)56(10)79-48-62(86)27-18-17-21-38-85-68(89)46-55(9)74(85)93/h16,26,30-37,50-51,53,55,57-58,64,66,70-71H,15,17-25,27-29,38-49H2,1-14H3,(H,80,91)(H,81,92)(H,82,88)/b52-16+,54-26+,79-56?/t51?,53-,55?,57-,58+,64+,66+,70-,71+/m0/s1. The predicted molar refractivity (Wildman–Crippen MR) is 389 cm³/mol. The quantitative estimate of drug-likeness (QED) is 0.0112. The maximum absolute atomic E-state index is 14.6. The van der Waals surface area contributed by atoms with E-state index in [-0.39, 0.29) is 84.7 Å². The molecule has 0 saturated carbocycles. The van der Waals surface area contributed by atoms with Gasteiger partial charge in [-0.1, -0.05) is 103 Å². The first kappa shape index (κ1) is 87.1. The second-order valence-corrected chi connectivity index (χ2v) is 27.7. The van der Waals surface area contributed by atoms with Crippen LogP contribution in [-0.2, 0) is 82.8 Å². The molecule has 103 heavy (non-hydrogen) atoms. The van der Waals surface area contributed by atoms with E-state index in [2.05, 4.69) is 20.9 Å². The molecule has 0 spiro atoms. The van der Waals surface area contributed by atoms with Gasteiger partial charge >= 0.3 is 17.9 Å². The van der Waals surface area contributed by atoms with Crippen molar-refractivity contribution in [3.8, 4) is 5.75 Å². The molecule has 0 radical (unpaired) electrons. The van der Waals surface area contributed by atoms with Gasteiger partial charge in [0.05, 0.1) is 39.5 Å². The lowest BCUT2D eigenvalue weighted by molar-refractivity contribution is -0.154. The number of aliphatic imine (C=N–C) groups is 1. The molecule has 2 heterocycles. The van der Waals surface area contributed by atoms with Crippen LogP contribution < -0.4 is 20.7 Å². The number of amides is 7. The highest BCUT2D eigenvalue weighted by molar-refractivity contribution is 6.04. The van der Waals surface area contributed by atoms with Gasteiger partial charge in [0.15, 0.2) is 17.7 Å². The molecule has 570 valence electrons. The number of rotatable bonds is 34. The van der Waals surface area contributed by atoms with Crippen molar-refractivity contribution in [3.63, 3.8) is 0 Å². The van der Waals surface area contributed by atoms with Crippen molar-refractivity contribution in [2.24, 2.45) is 28.7 Å². The maximum Gasteiger partial charge on any atom is 0.334 e. The topological polar surface area (TPSA) is 318 Å². The summed E-state index contributed by atoms with van der Waals surface area (Å²) < 4.78 is 34.4. The van der Waals surface area contributed by atoms with Crippen molar-refractivity contribution in [3.05, 3.63) is 88.5 Å². The normalized spacial score (nSPS) is 22.5. The van der Waals surface area contributed by atoms with Gasteiger partial charge in [0, 0.05) is 88.7 Å². The molecule has 25 heteroatoms. The lowest BCUT2D eigenvalue weighted by atomic mass is 9.93. The number of likely N-dealkylation sites (tertiary alicyclic amines) is 1. The molecule has 2 aromatic carbocycles. The van der Waals surface area contributed by atoms with Crippen LogP contribution in [0.4, 0.5) is 0 Å². The lowest BCUT2D eigenvalue weighted by Gasteiger charge is -2.33. The number of ketones is 2. The number of likely N-dealkylation sites (N-methyl/N-ethyl adjacent to an activating group) is 2. The van der Waals surface area contributed by atoms with E-state index in [4.69, 9.17) is 28.4 Å². The minimum Gasteiger partial charge on any atom is -0.456 e. The minimum absolute atomic E-state index is 0.0201. The third kappa shape index (κ3) is 30.5. The smallest absolute Gasteiger partial charge is 0.334 e. The number of allylic oxidation sites excluding steroid dienone is 2. The Labute approximate surface area is 609 Å². The number of Topliss-reactive ketones (excluding diaryl/α,β-unsaturated/α-hetero) is 2. The van der Waals surface area contributed by atoms with Crippen LogP contribution in [0.5, 0.6) is 5.75 Å². The molecular formula is C78H115N7O18. The van der Waals surface area contributed by atoms with Crippen LogP contribution >= 0.6 is 0 Å². The number of benzene rings is 2. The number of ether oxygens (including phenoxy) is 6. The zero-order valence-electron chi connectivity index (χ0n) is 63.4. The summed E-state index contributed by atoms with van der Waals surface area (Å²) in [6.45, 7) is 23.3. The molecule has 2 unspecified atom stereocenters. The molecule has 1 saturated heterocycles. The van der Waals surface area contributed by atoms with E-state index in [1.165, 1.54) is 37.7 Å². The molecule has 25 nitrogen and oxygen atoms in total. The number of carbonyl (C=O) groups is 12. The van der Waals surface area contributed by atoms with Crippen LogP contribution in [0.1, 0.15) is 201 Å². The Morgan fingerprint density at radius 1 is 0.689 bits per heavy atom. The Morgan fingerprint density at radius 3 is 1.89 bits per heavy atom. The van der Waals surface area contributed by atoms with Gasteiger partial charge in [-0.25, -0.2) is 9.59 Å². The summed E-state index contributed by atoms with van der Waals surface area (Å²) in [5.41, 5.74) is 3.72. The summed E-state index contributed by atoms with van der Waals surface area (Å²) >= 11 is 0. The molecule has 0 aliphatic carbocycles. The van der Waals surface area contributed by atoms with Crippen LogP contribution in [0.3, 0.4) is 0 Å².